The van der Waals surface area contributed by atoms with Gasteiger partial charge in [0.25, 0.3) is 5.91 Å². The molecule has 0 spiro atoms. The lowest BCUT2D eigenvalue weighted by Gasteiger charge is -2.41. The fourth-order valence-electron chi connectivity index (χ4n) is 2.12. The topological polar surface area (TPSA) is 37.4 Å². The average Bonchev–Trinajstić information content (AvgIpc) is 2.29. The minimum Gasteiger partial charge on any atom is -0.301 e. The molecule has 1 saturated heterocycles. The summed E-state index contributed by atoms with van der Waals surface area (Å²) in [7, 11) is 0. The molecule has 0 aromatic heterocycles. The number of nitrogens with zero attached hydrogens (tertiary/aromatic N) is 1. The van der Waals surface area contributed by atoms with Gasteiger partial charge >= 0.3 is 0 Å². The van der Waals surface area contributed by atoms with Gasteiger partial charge in [0.2, 0.25) is 0 Å². The van der Waals surface area contributed by atoms with Crippen molar-refractivity contribution >= 4 is 17.4 Å². The van der Waals surface area contributed by atoms with Gasteiger partial charge in [0, 0.05) is 11.3 Å². The van der Waals surface area contributed by atoms with Gasteiger partial charge in [-0.05, 0) is 38.5 Å². The van der Waals surface area contributed by atoms with Gasteiger partial charge in [-0.2, -0.15) is 0 Å². The quantitative estimate of drug-likeness (QED) is 0.576. The van der Waals surface area contributed by atoms with Crippen molar-refractivity contribution in [2.45, 2.75) is 26.8 Å². The zero-order chi connectivity index (χ0) is 12.6. The van der Waals surface area contributed by atoms with E-state index in [0.29, 0.717) is 5.57 Å². The Morgan fingerprint density at radius 3 is 2.53 bits per heavy atom. The molecule has 1 fully saturated rings. The van der Waals surface area contributed by atoms with Crippen molar-refractivity contribution < 1.29 is 9.59 Å². The number of benzene rings is 1. The molecule has 1 aliphatic heterocycles. The van der Waals surface area contributed by atoms with Crippen LogP contribution in [0.3, 0.4) is 0 Å². The first kappa shape index (κ1) is 11.6. The molecule has 3 nitrogen and oxygen atoms in total. The van der Waals surface area contributed by atoms with Gasteiger partial charge in [-0.15, -0.1) is 0 Å². The van der Waals surface area contributed by atoms with Crippen LogP contribution in [-0.4, -0.2) is 17.7 Å². The van der Waals surface area contributed by atoms with Crippen LogP contribution < -0.4 is 4.90 Å². The Bertz CT molecular complexity index is 517. The van der Waals surface area contributed by atoms with Crippen LogP contribution in [0.1, 0.15) is 19.4 Å². The normalized spacial score (nSPS) is 21.6. The molecule has 1 aliphatic rings. The minimum atomic E-state index is -0.0790. The largest absolute Gasteiger partial charge is 0.301 e. The van der Waals surface area contributed by atoms with Crippen LogP contribution in [0.2, 0.25) is 0 Å². The average molecular weight is 229 g/mol. The monoisotopic (exact) mass is 229 g/mol. The van der Waals surface area contributed by atoms with Crippen molar-refractivity contribution in [3.05, 3.63) is 41.5 Å². The smallest absolute Gasteiger partial charge is 0.257 e. The number of hydrogen-bond acceptors (Lipinski definition) is 2. The van der Waals surface area contributed by atoms with Gasteiger partial charge in [0.15, 0.2) is 5.78 Å². The highest BCUT2D eigenvalue weighted by atomic mass is 16.2. The molecule has 1 unspecified atom stereocenters. The van der Waals surface area contributed by atoms with Crippen molar-refractivity contribution in [1.29, 1.82) is 0 Å². The summed E-state index contributed by atoms with van der Waals surface area (Å²) in [6.45, 7) is 5.37. The molecular weight excluding hydrogens is 214 g/mol. The maximum atomic E-state index is 12.0. The summed E-state index contributed by atoms with van der Waals surface area (Å²) in [6, 6.07) is 7.73. The van der Waals surface area contributed by atoms with Crippen LogP contribution in [-0.2, 0) is 9.59 Å². The van der Waals surface area contributed by atoms with Crippen molar-refractivity contribution in [1.82, 2.24) is 0 Å². The molecule has 88 valence electrons. The number of rotatable bonds is 2. The number of carbonyl (C=O) groups is 2. The summed E-state index contributed by atoms with van der Waals surface area (Å²) >= 11 is 0. The van der Waals surface area contributed by atoms with Gasteiger partial charge in [0.05, 0.1) is 6.04 Å². The summed E-state index contributed by atoms with van der Waals surface area (Å²) in [5.74, 6) is -0.147. The summed E-state index contributed by atoms with van der Waals surface area (Å²) < 4.78 is 0. The highest BCUT2D eigenvalue weighted by molar-refractivity contribution is 6.17. The Kier molecular flexibility index (Phi) is 2.84. The van der Waals surface area contributed by atoms with Gasteiger partial charge < -0.3 is 4.90 Å². The third kappa shape index (κ3) is 1.88. The van der Waals surface area contributed by atoms with Crippen molar-refractivity contribution in [2.75, 3.05) is 4.90 Å². The molecule has 1 heterocycles. The highest BCUT2D eigenvalue weighted by Gasteiger charge is 2.40. The number of aryl methyl sites for hydroxylation is 1. The van der Waals surface area contributed by atoms with E-state index in [1.54, 1.807) is 4.90 Å². The van der Waals surface area contributed by atoms with E-state index >= 15 is 0 Å². The third-order valence-electron chi connectivity index (χ3n) is 3.04. The molecule has 1 amide bonds. The predicted molar refractivity (Wildman–Crippen MR) is 66.9 cm³/mol. The third-order valence-corrected chi connectivity index (χ3v) is 3.04. The lowest BCUT2D eigenvalue weighted by atomic mass is 9.93. The van der Waals surface area contributed by atoms with Crippen LogP contribution >= 0.6 is 0 Å². The first-order chi connectivity index (χ1) is 8.02. The minimum absolute atomic E-state index is 0.0208. The fraction of sp³-hybridized carbons (Fsp3) is 0.286. The summed E-state index contributed by atoms with van der Waals surface area (Å²) in [5, 5.41) is 0. The SMILES string of the molecule is CC(=O)/C=C1\C(=O)N(c2ccccc2C)C1C. The molecule has 3 heteroatoms. The van der Waals surface area contributed by atoms with Crippen LogP contribution in [0.15, 0.2) is 35.9 Å². The Morgan fingerprint density at radius 1 is 1.35 bits per heavy atom. The standard InChI is InChI=1S/C14H15NO2/c1-9-6-4-5-7-13(9)15-11(3)12(14(15)17)8-10(2)16/h4-8,11H,1-3H3/b12-8-. The van der Waals surface area contributed by atoms with Crippen LogP contribution in [0.25, 0.3) is 0 Å². The second kappa shape index (κ2) is 4.17. The lowest BCUT2D eigenvalue weighted by molar-refractivity contribution is -0.119. The van der Waals surface area contributed by atoms with E-state index in [2.05, 4.69) is 0 Å². The van der Waals surface area contributed by atoms with E-state index < -0.39 is 0 Å². The number of amides is 1. The molecule has 1 atom stereocenters. The zero-order valence-corrected chi connectivity index (χ0v) is 10.2. The number of allylic oxidation sites excluding steroid dienone is 1. The number of anilines is 1. The summed E-state index contributed by atoms with van der Waals surface area (Å²) in [4.78, 5) is 24.7. The number of para-hydroxylation sites is 1. The van der Waals surface area contributed by atoms with Crippen molar-refractivity contribution in [3.63, 3.8) is 0 Å². The van der Waals surface area contributed by atoms with E-state index in [-0.39, 0.29) is 17.7 Å². The first-order valence-corrected chi connectivity index (χ1v) is 5.63. The van der Waals surface area contributed by atoms with E-state index in [4.69, 9.17) is 0 Å². The molecule has 0 saturated carbocycles. The summed E-state index contributed by atoms with van der Waals surface area (Å²) in [6.07, 6.45) is 1.43. The Balaban J connectivity index is 2.31. The van der Waals surface area contributed by atoms with Crippen LogP contribution in [0, 0.1) is 6.92 Å². The molecule has 0 bridgehead atoms. The van der Waals surface area contributed by atoms with E-state index in [1.165, 1.54) is 13.0 Å². The van der Waals surface area contributed by atoms with Gasteiger partial charge in [-0.3, -0.25) is 9.59 Å². The number of ketones is 1. The fourth-order valence-corrected chi connectivity index (χ4v) is 2.12. The van der Waals surface area contributed by atoms with Crippen LogP contribution in [0.5, 0.6) is 0 Å². The van der Waals surface area contributed by atoms with Gasteiger partial charge in [-0.1, -0.05) is 18.2 Å². The van der Waals surface area contributed by atoms with E-state index in [1.807, 2.05) is 38.1 Å². The van der Waals surface area contributed by atoms with E-state index in [9.17, 15) is 9.59 Å². The summed E-state index contributed by atoms with van der Waals surface area (Å²) in [5.41, 5.74) is 2.58. The lowest BCUT2D eigenvalue weighted by Crippen LogP contribution is -2.54. The molecule has 2 rings (SSSR count). The second-order valence-corrected chi connectivity index (χ2v) is 4.35. The van der Waals surface area contributed by atoms with Crippen molar-refractivity contribution in [3.8, 4) is 0 Å². The van der Waals surface area contributed by atoms with E-state index in [0.717, 1.165) is 11.3 Å². The molecule has 17 heavy (non-hydrogen) atoms. The molecule has 0 radical (unpaired) electrons. The Morgan fingerprint density at radius 2 is 2.00 bits per heavy atom. The molecule has 1 aromatic carbocycles. The second-order valence-electron chi connectivity index (χ2n) is 4.35. The zero-order valence-electron chi connectivity index (χ0n) is 10.2. The molecular formula is C14H15NO2. The number of β-lactam (4-membered cyclic amide) rings is 1. The van der Waals surface area contributed by atoms with Crippen LogP contribution in [0.4, 0.5) is 5.69 Å². The maximum absolute atomic E-state index is 12.0. The molecule has 0 N–H and O–H groups in total. The Hall–Kier alpha value is -1.90. The van der Waals surface area contributed by atoms with Crippen molar-refractivity contribution in [2.24, 2.45) is 0 Å². The van der Waals surface area contributed by atoms with Gasteiger partial charge in [-0.25, -0.2) is 0 Å². The van der Waals surface area contributed by atoms with Gasteiger partial charge in [0.1, 0.15) is 0 Å². The first-order valence-electron chi connectivity index (χ1n) is 5.63. The number of carbonyl (C=O) groups excluding carboxylic acids is 2. The number of hydrogen-bond donors (Lipinski definition) is 0. The Labute approximate surface area is 101 Å². The molecule has 1 aromatic rings. The predicted octanol–water partition coefficient (Wildman–Crippen LogP) is 2.25. The highest BCUT2D eigenvalue weighted by Crippen LogP contribution is 2.33. The maximum Gasteiger partial charge on any atom is 0.257 e. The molecule has 0 aliphatic carbocycles.